The van der Waals surface area contributed by atoms with Crippen molar-refractivity contribution in [1.82, 2.24) is 0 Å². The molecule has 282 valence electrons. The summed E-state index contributed by atoms with van der Waals surface area (Å²) in [7, 11) is 0. The maximum absolute atomic E-state index is 6.70. The maximum Gasteiger partial charge on any atom is 0.143 e. The predicted octanol–water partition coefficient (Wildman–Crippen LogP) is 16.5. The van der Waals surface area contributed by atoms with Crippen LogP contribution in [0.15, 0.2) is 241 Å². The quantitative estimate of drug-likeness (QED) is 0.153. The molecule has 11 rings (SSSR count). The van der Waals surface area contributed by atoms with Crippen LogP contribution in [0, 0.1) is 0 Å². The fourth-order valence-corrected chi connectivity index (χ4v) is 8.65. The summed E-state index contributed by atoms with van der Waals surface area (Å²) in [6.45, 7) is 0. The Morgan fingerprint density at radius 2 is 0.717 bits per heavy atom. The van der Waals surface area contributed by atoms with E-state index in [9.17, 15) is 0 Å². The van der Waals surface area contributed by atoms with Gasteiger partial charge < -0.3 is 9.32 Å². The highest BCUT2D eigenvalue weighted by Crippen LogP contribution is 2.45. The van der Waals surface area contributed by atoms with Crippen LogP contribution in [0.1, 0.15) is 0 Å². The van der Waals surface area contributed by atoms with E-state index >= 15 is 0 Å². The monoisotopic (exact) mass is 765 g/mol. The maximum atomic E-state index is 6.70. The topological polar surface area (TPSA) is 16.4 Å². The van der Waals surface area contributed by atoms with E-state index in [1.807, 2.05) is 0 Å². The summed E-state index contributed by atoms with van der Waals surface area (Å²) >= 11 is 0. The zero-order valence-corrected chi connectivity index (χ0v) is 32.9. The van der Waals surface area contributed by atoms with Crippen molar-refractivity contribution >= 4 is 49.8 Å². The van der Waals surface area contributed by atoms with E-state index in [1.165, 1.54) is 44.5 Å². The summed E-state index contributed by atoms with van der Waals surface area (Å²) < 4.78 is 6.70. The molecule has 0 atom stereocenters. The molecule has 2 heteroatoms. The first-order valence-electron chi connectivity index (χ1n) is 20.5. The minimum Gasteiger partial charge on any atom is -0.455 e. The molecule has 0 spiro atoms. The second-order valence-electron chi connectivity index (χ2n) is 15.3. The molecule has 0 unspecified atom stereocenters. The Kier molecular flexibility index (Phi) is 8.87. The molecule has 1 aromatic heterocycles. The number of rotatable bonds is 8. The van der Waals surface area contributed by atoms with Gasteiger partial charge in [-0.1, -0.05) is 170 Å². The van der Waals surface area contributed by atoms with Gasteiger partial charge in [0.05, 0.1) is 11.1 Å². The highest BCUT2D eigenvalue weighted by atomic mass is 16.3. The largest absolute Gasteiger partial charge is 0.455 e. The number of furan rings is 1. The molecule has 0 saturated heterocycles. The standard InChI is InChI=1S/C58H39NO/c1-4-14-40(15-5-1)46-21-12-22-47(36-46)43-26-31-51(32-27-43)59(55-24-13-25-56-57(55)54-35-30-45-20-10-11-23-53(45)58(54)60-56)52-33-28-44(29-34-52)50-38-48(41-16-6-2-7-17-41)37-49(39-50)42-18-8-3-9-19-42/h1-39H. The minimum absolute atomic E-state index is 0.862. The molecule has 0 aliphatic rings. The first kappa shape index (κ1) is 35.2. The Morgan fingerprint density at radius 1 is 0.283 bits per heavy atom. The smallest absolute Gasteiger partial charge is 0.143 e. The van der Waals surface area contributed by atoms with Crippen molar-refractivity contribution in [2.45, 2.75) is 0 Å². The highest BCUT2D eigenvalue weighted by Gasteiger charge is 2.21. The van der Waals surface area contributed by atoms with Crippen LogP contribution in [0.25, 0.3) is 88.3 Å². The number of benzene rings is 10. The molecule has 0 amide bonds. The second-order valence-corrected chi connectivity index (χ2v) is 15.3. The van der Waals surface area contributed by atoms with Crippen LogP contribution in [0.2, 0.25) is 0 Å². The van der Waals surface area contributed by atoms with Crippen LogP contribution < -0.4 is 4.90 Å². The lowest BCUT2D eigenvalue weighted by Crippen LogP contribution is -2.10. The number of hydrogen-bond donors (Lipinski definition) is 0. The van der Waals surface area contributed by atoms with Gasteiger partial charge in [0, 0.05) is 22.1 Å². The summed E-state index contributed by atoms with van der Waals surface area (Å²) in [5, 5.41) is 4.46. The van der Waals surface area contributed by atoms with Gasteiger partial charge in [0.15, 0.2) is 0 Å². The van der Waals surface area contributed by atoms with E-state index in [0.29, 0.717) is 0 Å². The average molecular weight is 766 g/mol. The molecule has 11 aromatic rings. The number of fused-ring (bicyclic) bond motifs is 5. The Balaban J connectivity index is 1.05. The third-order valence-electron chi connectivity index (χ3n) is 11.6. The van der Waals surface area contributed by atoms with Crippen LogP contribution in [0.5, 0.6) is 0 Å². The summed E-state index contributed by atoms with van der Waals surface area (Å²) in [5.74, 6) is 0. The summed E-state index contributed by atoms with van der Waals surface area (Å²) in [5.41, 5.74) is 16.8. The minimum atomic E-state index is 0.862. The van der Waals surface area contributed by atoms with E-state index in [-0.39, 0.29) is 0 Å². The Hall–Kier alpha value is -7.94. The van der Waals surface area contributed by atoms with Gasteiger partial charge in [-0.15, -0.1) is 0 Å². The van der Waals surface area contributed by atoms with Gasteiger partial charge in [-0.2, -0.15) is 0 Å². The van der Waals surface area contributed by atoms with Gasteiger partial charge in [0.1, 0.15) is 11.2 Å². The Bertz CT molecular complexity index is 3220. The molecule has 0 N–H and O–H groups in total. The van der Waals surface area contributed by atoms with Crippen molar-refractivity contribution in [1.29, 1.82) is 0 Å². The molecule has 1 heterocycles. The number of nitrogens with zero attached hydrogens (tertiary/aromatic N) is 1. The first-order chi connectivity index (χ1) is 29.7. The fourth-order valence-electron chi connectivity index (χ4n) is 8.65. The van der Waals surface area contributed by atoms with Gasteiger partial charge in [-0.25, -0.2) is 0 Å². The van der Waals surface area contributed by atoms with E-state index in [1.54, 1.807) is 0 Å². The van der Waals surface area contributed by atoms with Crippen molar-refractivity contribution in [3.05, 3.63) is 237 Å². The van der Waals surface area contributed by atoms with E-state index < -0.39 is 0 Å². The third kappa shape index (κ3) is 6.51. The third-order valence-corrected chi connectivity index (χ3v) is 11.6. The summed E-state index contributed by atoms with van der Waals surface area (Å²) in [4.78, 5) is 2.37. The van der Waals surface area contributed by atoms with Crippen LogP contribution >= 0.6 is 0 Å². The zero-order chi connectivity index (χ0) is 39.8. The molecule has 0 aliphatic heterocycles. The fraction of sp³-hybridized carbons (Fsp3) is 0. The molecule has 60 heavy (non-hydrogen) atoms. The van der Waals surface area contributed by atoms with E-state index in [4.69, 9.17) is 4.42 Å². The molecule has 0 saturated carbocycles. The molecular weight excluding hydrogens is 727 g/mol. The Labute approximate surface area is 349 Å². The van der Waals surface area contributed by atoms with Crippen molar-refractivity contribution in [2.24, 2.45) is 0 Å². The zero-order valence-electron chi connectivity index (χ0n) is 32.9. The van der Waals surface area contributed by atoms with E-state index in [2.05, 4.69) is 241 Å². The summed E-state index contributed by atoms with van der Waals surface area (Å²) in [6, 6.07) is 84.8. The molecule has 10 aromatic carbocycles. The normalized spacial score (nSPS) is 11.3. The molecule has 0 bridgehead atoms. The highest BCUT2D eigenvalue weighted by molar-refractivity contribution is 6.19. The molecule has 0 radical (unpaired) electrons. The molecule has 2 nitrogen and oxygen atoms in total. The lowest BCUT2D eigenvalue weighted by molar-refractivity contribution is 0.672. The second kappa shape index (κ2) is 15.1. The predicted molar refractivity (Wildman–Crippen MR) is 253 cm³/mol. The van der Waals surface area contributed by atoms with Crippen molar-refractivity contribution in [3.63, 3.8) is 0 Å². The number of anilines is 3. The van der Waals surface area contributed by atoms with Gasteiger partial charge in [-0.3, -0.25) is 0 Å². The number of hydrogen-bond acceptors (Lipinski definition) is 2. The van der Waals surface area contributed by atoms with Crippen LogP contribution in [0.4, 0.5) is 17.1 Å². The summed E-state index contributed by atoms with van der Waals surface area (Å²) in [6.07, 6.45) is 0. The van der Waals surface area contributed by atoms with Gasteiger partial charge in [0.2, 0.25) is 0 Å². The van der Waals surface area contributed by atoms with Gasteiger partial charge in [-0.05, 0) is 128 Å². The molecule has 0 aliphatic carbocycles. The lowest BCUT2D eigenvalue weighted by Gasteiger charge is -2.27. The molecule has 0 fully saturated rings. The van der Waals surface area contributed by atoms with Crippen molar-refractivity contribution in [3.8, 4) is 55.6 Å². The van der Waals surface area contributed by atoms with Crippen LogP contribution in [-0.2, 0) is 0 Å². The van der Waals surface area contributed by atoms with Gasteiger partial charge >= 0.3 is 0 Å². The van der Waals surface area contributed by atoms with Crippen LogP contribution in [-0.4, -0.2) is 0 Å². The SMILES string of the molecule is c1ccc(-c2cccc(-c3ccc(N(c4ccc(-c5cc(-c6ccccc6)cc(-c6ccccc6)c5)cc4)c4cccc5oc6c7ccccc7ccc6c45)cc3)c2)cc1. The van der Waals surface area contributed by atoms with E-state index in [0.717, 1.165) is 60.9 Å². The van der Waals surface area contributed by atoms with Gasteiger partial charge in [0.25, 0.3) is 0 Å². The lowest BCUT2D eigenvalue weighted by atomic mass is 9.93. The van der Waals surface area contributed by atoms with Crippen LogP contribution in [0.3, 0.4) is 0 Å². The van der Waals surface area contributed by atoms with Crippen molar-refractivity contribution in [2.75, 3.05) is 4.90 Å². The average Bonchev–Trinajstić information content (AvgIpc) is 3.73. The molecular formula is C58H39NO. The Morgan fingerprint density at radius 3 is 1.28 bits per heavy atom. The first-order valence-corrected chi connectivity index (χ1v) is 20.5. The van der Waals surface area contributed by atoms with Crippen molar-refractivity contribution < 1.29 is 4.42 Å².